The molecule has 1 fully saturated rings. The maximum absolute atomic E-state index is 13.2. The Balaban J connectivity index is 1.48. The molecule has 0 radical (unpaired) electrons. The van der Waals surface area contributed by atoms with Crippen LogP contribution in [-0.2, 0) is 24.2 Å². The molecule has 1 aliphatic rings. The molecule has 1 heterocycles. The zero-order chi connectivity index (χ0) is 21.8. The predicted octanol–water partition coefficient (Wildman–Crippen LogP) is 5.12. The third-order valence-corrected chi connectivity index (χ3v) is 6.57. The Morgan fingerprint density at radius 3 is 2.55 bits per heavy atom. The molecule has 0 atom stereocenters. The lowest BCUT2D eigenvalue weighted by Gasteiger charge is -2.23. The lowest BCUT2D eigenvalue weighted by Crippen LogP contribution is -2.34. The van der Waals surface area contributed by atoms with E-state index in [0.717, 1.165) is 52.6 Å². The minimum atomic E-state index is 0.102. The average molecular weight is 437 g/mol. The second-order valence-corrected chi connectivity index (χ2v) is 8.66. The van der Waals surface area contributed by atoms with Crippen molar-refractivity contribution in [3.05, 3.63) is 64.7 Å². The summed E-state index contributed by atoms with van der Waals surface area (Å²) in [6, 6.07) is 14.5. The largest absolute Gasteiger partial charge is 0.497 e. The summed E-state index contributed by atoms with van der Waals surface area (Å²) in [6.45, 7) is 2.66. The highest BCUT2D eigenvalue weighted by Gasteiger charge is 2.33. The van der Waals surface area contributed by atoms with Crippen molar-refractivity contribution >= 4 is 17.2 Å². The number of hydrogen-bond donors (Lipinski definition) is 0. The van der Waals surface area contributed by atoms with Crippen molar-refractivity contribution in [2.24, 2.45) is 0 Å². The molecule has 1 aromatic heterocycles. The van der Waals surface area contributed by atoms with Crippen LogP contribution in [-0.4, -0.2) is 36.1 Å². The fraction of sp³-hybridized carbons (Fsp3) is 0.360. The molecular formula is C25H28N2O3S. The number of benzene rings is 2. The lowest BCUT2D eigenvalue weighted by molar-refractivity contribution is -0.131. The van der Waals surface area contributed by atoms with Crippen LogP contribution in [0, 0.1) is 0 Å². The van der Waals surface area contributed by atoms with Crippen LogP contribution < -0.4 is 9.47 Å². The van der Waals surface area contributed by atoms with E-state index in [1.54, 1.807) is 25.6 Å². The number of hydrogen-bond acceptors (Lipinski definition) is 5. The predicted molar refractivity (Wildman–Crippen MR) is 124 cm³/mol. The van der Waals surface area contributed by atoms with Crippen LogP contribution in [0.15, 0.2) is 47.8 Å². The summed E-state index contributed by atoms with van der Waals surface area (Å²) in [6.07, 6.45) is 3.42. The summed E-state index contributed by atoms with van der Waals surface area (Å²) >= 11 is 1.59. The molecule has 4 rings (SSSR count). The van der Waals surface area contributed by atoms with E-state index in [1.165, 1.54) is 5.56 Å². The first-order chi connectivity index (χ1) is 15.1. The normalized spacial score (nSPS) is 13.1. The first-order valence-electron chi connectivity index (χ1n) is 10.6. The third kappa shape index (κ3) is 5.07. The van der Waals surface area contributed by atoms with Gasteiger partial charge in [-0.15, -0.1) is 11.3 Å². The van der Waals surface area contributed by atoms with E-state index in [2.05, 4.69) is 31.2 Å². The summed E-state index contributed by atoms with van der Waals surface area (Å²) in [5, 5.41) is 2.95. The van der Waals surface area contributed by atoms with Crippen LogP contribution in [0.25, 0.3) is 10.6 Å². The van der Waals surface area contributed by atoms with E-state index in [1.807, 2.05) is 28.5 Å². The van der Waals surface area contributed by atoms with Crippen LogP contribution in [0.3, 0.4) is 0 Å². The van der Waals surface area contributed by atoms with Crippen LogP contribution in [0.5, 0.6) is 11.5 Å². The zero-order valence-electron chi connectivity index (χ0n) is 18.3. The molecule has 1 amide bonds. The van der Waals surface area contributed by atoms with Gasteiger partial charge in [0.25, 0.3) is 0 Å². The monoisotopic (exact) mass is 436 g/mol. The van der Waals surface area contributed by atoms with Gasteiger partial charge in [0, 0.05) is 29.1 Å². The van der Waals surface area contributed by atoms with Gasteiger partial charge in [0.1, 0.15) is 16.5 Å². The Bertz CT molecular complexity index is 1040. The Labute approximate surface area is 187 Å². The second kappa shape index (κ2) is 9.52. The molecule has 1 aliphatic carbocycles. The van der Waals surface area contributed by atoms with E-state index < -0.39 is 0 Å². The molecule has 31 heavy (non-hydrogen) atoms. The number of methoxy groups -OCH3 is 2. The molecule has 0 N–H and O–H groups in total. The number of amides is 1. The zero-order valence-corrected chi connectivity index (χ0v) is 19.1. The smallest absolute Gasteiger partial charge is 0.229 e. The van der Waals surface area contributed by atoms with E-state index in [9.17, 15) is 4.79 Å². The van der Waals surface area contributed by atoms with Crippen molar-refractivity contribution in [2.75, 3.05) is 14.2 Å². The van der Waals surface area contributed by atoms with Gasteiger partial charge in [-0.3, -0.25) is 4.79 Å². The molecule has 6 heteroatoms. The fourth-order valence-corrected chi connectivity index (χ4v) is 4.48. The molecule has 5 nitrogen and oxygen atoms in total. The molecule has 3 aromatic rings. The number of thiazole rings is 1. The van der Waals surface area contributed by atoms with Crippen LogP contribution in [0.2, 0.25) is 0 Å². The van der Waals surface area contributed by atoms with Gasteiger partial charge in [0.2, 0.25) is 5.91 Å². The third-order valence-electron chi connectivity index (χ3n) is 5.63. The molecule has 0 saturated heterocycles. The Hall–Kier alpha value is -2.86. The summed E-state index contributed by atoms with van der Waals surface area (Å²) in [5.74, 6) is 1.63. The topological polar surface area (TPSA) is 51.7 Å². The van der Waals surface area contributed by atoms with E-state index in [0.29, 0.717) is 19.0 Å². The van der Waals surface area contributed by atoms with Gasteiger partial charge in [-0.1, -0.05) is 31.2 Å². The van der Waals surface area contributed by atoms with Gasteiger partial charge in [-0.05, 0) is 43.0 Å². The fourth-order valence-electron chi connectivity index (χ4n) is 3.66. The van der Waals surface area contributed by atoms with Crippen molar-refractivity contribution < 1.29 is 14.3 Å². The van der Waals surface area contributed by atoms with Crippen molar-refractivity contribution in [1.82, 2.24) is 9.88 Å². The second-order valence-electron chi connectivity index (χ2n) is 7.80. The molecule has 1 saturated carbocycles. The number of aryl methyl sites for hydroxylation is 1. The molecule has 0 spiro atoms. The first kappa shape index (κ1) is 21.4. The quantitative estimate of drug-likeness (QED) is 0.467. The van der Waals surface area contributed by atoms with Crippen LogP contribution in [0.4, 0.5) is 0 Å². The van der Waals surface area contributed by atoms with Gasteiger partial charge in [0.15, 0.2) is 0 Å². The van der Waals surface area contributed by atoms with Gasteiger partial charge in [0.05, 0.1) is 26.3 Å². The van der Waals surface area contributed by atoms with Crippen LogP contribution >= 0.6 is 11.3 Å². The van der Waals surface area contributed by atoms with Crippen molar-refractivity contribution in [3.8, 4) is 22.1 Å². The van der Waals surface area contributed by atoms with Gasteiger partial charge in [-0.25, -0.2) is 4.98 Å². The molecule has 0 unspecified atom stereocenters. The maximum Gasteiger partial charge on any atom is 0.229 e. The highest BCUT2D eigenvalue weighted by Crippen LogP contribution is 2.33. The number of carbonyl (C=O) groups excluding carboxylic acids is 1. The first-order valence-corrected chi connectivity index (χ1v) is 11.5. The molecule has 162 valence electrons. The van der Waals surface area contributed by atoms with Gasteiger partial charge in [-0.2, -0.15) is 0 Å². The Morgan fingerprint density at radius 1 is 1.13 bits per heavy atom. The van der Waals surface area contributed by atoms with Gasteiger partial charge >= 0.3 is 0 Å². The van der Waals surface area contributed by atoms with E-state index in [4.69, 9.17) is 14.5 Å². The van der Waals surface area contributed by atoms with Crippen LogP contribution in [0.1, 0.15) is 36.6 Å². The molecule has 0 aliphatic heterocycles. The Kier molecular flexibility index (Phi) is 6.56. The number of ether oxygens (including phenoxy) is 2. The molecule has 2 aromatic carbocycles. The van der Waals surface area contributed by atoms with Crippen molar-refractivity contribution in [2.45, 2.75) is 45.2 Å². The minimum Gasteiger partial charge on any atom is -0.497 e. The molecular weight excluding hydrogens is 408 g/mol. The lowest BCUT2D eigenvalue weighted by atomic mass is 10.1. The number of carbonyl (C=O) groups is 1. The molecule has 0 bridgehead atoms. The Morgan fingerprint density at radius 2 is 1.90 bits per heavy atom. The minimum absolute atomic E-state index is 0.102. The summed E-state index contributed by atoms with van der Waals surface area (Å²) in [4.78, 5) is 19.9. The highest BCUT2D eigenvalue weighted by molar-refractivity contribution is 7.13. The number of aromatic nitrogens is 1. The average Bonchev–Trinajstić information content (AvgIpc) is 3.55. The van der Waals surface area contributed by atoms with Crippen molar-refractivity contribution in [1.29, 1.82) is 0 Å². The van der Waals surface area contributed by atoms with E-state index in [-0.39, 0.29) is 5.91 Å². The number of nitrogens with zero attached hydrogens (tertiary/aromatic N) is 2. The van der Waals surface area contributed by atoms with E-state index >= 15 is 0 Å². The highest BCUT2D eigenvalue weighted by atomic mass is 32.1. The van der Waals surface area contributed by atoms with Crippen molar-refractivity contribution in [3.63, 3.8) is 0 Å². The number of rotatable bonds is 9. The summed E-state index contributed by atoms with van der Waals surface area (Å²) in [5.41, 5.74) is 4.19. The van der Waals surface area contributed by atoms with Gasteiger partial charge < -0.3 is 14.4 Å². The summed E-state index contributed by atoms with van der Waals surface area (Å²) in [7, 11) is 3.30. The SMILES string of the molecule is CCc1ccc(-c2nc(CC(=O)N(Cc3cc(OC)ccc3OC)C3CC3)cs2)cc1. The standard InChI is InChI=1S/C25H28N2O3S/c1-4-17-5-7-18(8-6-17)25-26-20(16-31-25)14-24(28)27(21-9-10-21)15-19-13-22(29-2)11-12-23(19)30-3/h5-8,11-13,16,21H,4,9-10,14-15H2,1-3H3. The maximum atomic E-state index is 13.2. The summed E-state index contributed by atoms with van der Waals surface area (Å²) < 4.78 is 10.9.